The SMILES string of the molecule is Cc1cccc(C(C)C)c1NC(=O)c1ccc(NC2CCS(=O)(=O)C2)nc1. The molecule has 1 saturated heterocycles. The average Bonchev–Trinajstić information content (AvgIpc) is 2.95. The van der Waals surface area contributed by atoms with Gasteiger partial charge in [-0.2, -0.15) is 0 Å². The van der Waals surface area contributed by atoms with E-state index in [0.29, 0.717) is 23.7 Å². The van der Waals surface area contributed by atoms with E-state index in [1.165, 1.54) is 6.20 Å². The van der Waals surface area contributed by atoms with Crippen molar-refractivity contribution in [1.29, 1.82) is 0 Å². The molecule has 1 aromatic heterocycles. The first-order chi connectivity index (χ1) is 12.7. The largest absolute Gasteiger partial charge is 0.366 e. The number of para-hydroxylation sites is 1. The standard InChI is InChI=1S/C20H25N3O3S/c1-13(2)17-6-4-5-14(3)19(17)23-20(24)15-7-8-18(21-11-15)22-16-9-10-27(25,26)12-16/h4-8,11,13,16H,9-10,12H2,1-3H3,(H,21,22)(H,23,24). The third kappa shape index (κ3) is 4.66. The molecular weight excluding hydrogens is 362 g/mol. The van der Waals surface area contributed by atoms with Gasteiger partial charge < -0.3 is 10.6 Å². The minimum absolute atomic E-state index is 0.122. The van der Waals surface area contributed by atoms with Gasteiger partial charge in [-0.1, -0.05) is 32.0 Å². The van der Waals surface area contributed by atoms with Crippen molar-refractivity contribution in [3.05, 3.63) is 53.2 Å². The monoisotopic (exact) mass is 387 g/mol. The molecule has 0 bridgehead atoms. The highest BCUT2D eigenvalue weighted by atomic mass is 32.2. The molecule has 0 radical (unpaired) electrons. The molecule has 1 fully saturated rings. The van der Waals surface area contributed by atoms with E-state index in [9.17, 15) is 13.2 Å². The van der Waals surface area contributed by atoms with Crippen LogP contribution in [0.4, 0.5) is 11.5 Å². The molecular formula is C20H25N3O3S. The molecule has 7 heteroatoms. The number of nitrogens with one attached hydrogen (secondary N) is 2. The van der Waals surface area contributed by atoms with E-state index in [1.54, 1.807) is 12.1 Å². The Morgan fingerprint density at radius 3 is 2.59 bits per heavy atom. The zero-order valence-electron chi connectivity index (χ0n) is 15.8. The Bertz CT molecular complexity index is 937. The van der Waals surface area contributed by atoms with Gasteiger partial charge in [-0.15, -0.1) is 0 Å². The van der Waals surface area contributed by atoms with E-state index < -0.39 is 9.84 Å². The number of benzene rings is 1. The summed E-state index contributed by atoms with van der Waals surface area (Å²) in [4.78, 5) is 16.9. The molecule has 0 spiro atoms. The molecule has 1 aromatic carbocycles. The molecule has 0 aliphatic carbocycles. The van der Waals surface area contributed by atoms with E-state index in [4.69, 9.17) is 0 Å². The smallest absolute Gasteiger partial charge is 0.257 e. The summed E-state index contributed by atoms with van der Waals surface area (Å²) >= 11 is 0. The lowest BCUT2D eigenvalue weighted by Crippen LogP contribution is -2.21. The molecule has 1 unspecified atom stereocenters. The summed E-state index contributed by atoms with van der Waals surface area (Å²) in [5.74, 6) is 0.996. The lowest BCUT2D eigenvalue weighted by molar-refractivity contribution is 0.102. The quantitative estimate of drug-likeness (QED) is 0.821. The summed E-state index contributed by atoms with van der Waals surface area (Å²) in [6.07, 6.45) is 2.09. The predicted octanol–water partition coefficient (Wildman–Crippen LogP) is 3.36. The summed E-state index contributed by atoms with van der Waals surface area (Å²) in [6, 6.07) is 9.27. The van der Waals surface area contributed by atoms with Gasteiger partial charge in [0.15, 0.2) is 9.84 Å². The van der Waals surface area contributed by atoms with E-state index in [2.05, 4.69) is 29.5 Å². The zero-order valence-corrected chi connectivity index (χ0v) is 16.6. The van der Waals surface area contributed by atoms with Crippen molar-refractivity contribution in [2.45, 2.75) is 39.2 Å². The van der Waals surface area contributed by atoms with Gasteiger partial charge in [-0.3, -0.25) is 4.79 Å². The van der Waals surface area contributed by atoms with Gasteiger partial charge in [0.25, 0.3) is 5.91 Å². The van der Waals surface area contributed by atoms with Crippen molar-refractivity contribution in [3.63, 3.8) is 0 Å². The molecule has 144 valence electrons. The molecule has 2 heterocycles. The Balaban J connectivity index is 1.70. The summed E-state index contributed by atoms with van der Waals surface area (Å²) in [7, 11) is -2.94. The molecule has 1 atom stereocenters. The van der Waals surface area contributed by atoms with Gasteiger partial charge in [-0.05, 0) is 42.5 Å². The molecule has 0 saturated carbocycles. The predicted molar refractivity (Wildman–Crippen MR) is 108 cm³/mol. The van der Waals surface area contributed by atoms with Crippen LogP contribution in [0.1, 0.15) is 47.7 Å². The van der Waals surface area contributed by atoms with Gasteiger partial charge in [0.1, 0.15) is 5.82 Å². The maximum atomic E-state index is 12.6. The minimum Gasteiger partial charge on any atom is -0.366 e. The Morgan fingerprint density at radius 2 is 2.00 bits per heavy atom. The van der Waals surface area contributed by atoms with Gasteiger partial charge in [0.2, 0.25) is 0 Å². The van der Waals surface area contributed by atoms with Gasteiger partial charge in [0.05, 0.1) is 17.1 Å². The van der Waals surface area contributed by atoms with Crippen LogP contribution in [0, 0.1) is 6.92 Å². The van der Waals surface area contributed by atoms with Crippen molar-refractivity contribution in [3.8, 4) is 0 Å². The normalized spacial score (nSPS) is 18.4. The first-order valence-corrected chi connectivity index (χ1v) is 10.9. The van der Waals surface area contributed by atoms with E-state index in [1.807, 2.05) is 25.1 Å². The topological polar surface area (TPSA) is 88.2 Å². The number of carbonyl (C=O) groups is 1. The Hall–Kier alpha value is -2.41. The molecule has 1 aliphatic rings. The fraction of sp³-hybridized carbons (Fsp3) is 0.400. The fourth-order valence-corrected chi connectivity index (χ4v) is 4.93. The highest BCUT2D eigenvalue weighted by Gasteiger charge is 2.27. The van der Waals surface area contributed by atoms with Crippen LogP contribution in [0.15, 0.2) is 36.5 Å². The first-order valence-electron chi connectivity index (χ1n) is 9.09. The van der Waals surface area contributed by atoms with Crippen LogP contribution in [0.25, 0.3) is 0 Å². The molecule has 1 amide bonds. The first kappa shape index (κ1) is 19.4. The number of nitrogens with zero attached hydrogens (tertiary/aromatic N) is 1. The lowest BCUT2D eigenvalue weighted by atomic mass is 9.98. The second-order valence-electron chi connectivity index (χ2n) is 7.32. The number of carbonyl (C=O) groups excluding carboxylic acids is 1. The number of rotatable bonds is 5. The van der Waals surface area contributed by atoms with E-state index >= 15 is 0 Å². The number of pyridine rings is 1. The summed E-state index contributed by atoms with van der Waals surface area (Å²) in [6.45, 7) is 6.16. The van der Waals surface area contributed by atoms with Crippen LogP contribution < -0.4 is 10.6 Å². The average molecular weight is 388 g/mol. The summed E-state index contributed by atoms with van der Waals surface area (Å²) < 4.78 is 23.1. The Labute approximate surface area is 160 Å². The second kappa shape index (κ2) is 7.68. The maximum Gasteiger partial charge on any atom is 0.257 e. The molecule has 1 aliphatic heterocycles. The lowest BCUT2D eigenvalue weighted by Gasteiger charge is -2.16. The Morgan fingerprint density at radius 1 is 1.22 bits per heavy atom. The molecule has 6 nitrogen and oxygen atoms in total. The molecule has 27 heavy (non-hydrogen) atoms. The number of anilines is 2. The number of aromatic nitrogens is 1. The fourth-order valence-electron chi connectivity index (χ4n) is 3.26. The number of hydrogen-bond donors (Lipinski definition) is 2. The molecule has 3 rings (SSSR count). The molecule has 2 N–H and O–H groups in total. The van der Waals surface area contributed by atoms with Crippen LogP contribution in [0.5, 0.6) is 0 Å². The summed E-state index contributed by atoms with van der Waals surface area (Å²) in [5, 5.41) is 6.12. The zero-order chi connectivity index (χ0) is 19.6. The van der Waals surface area contributed by atoms with Gasteiger partial charge in [-0.25, -0.2) is 13.4 Å². The van der Waals surface area contributed by atoms with Crippen LogP contribution in [0.2, 0.25) is 0 Å². The van der Waals surface area contributed by atoms with Crippen LogP contribution >= 0.6 is 0 Å². The van der Waals surface area contributed by atoms with Crippen LogP contribution in [-0.2, 0) is 9.84 Å². The number of hydrogen-bond acceptors (Lipinski definition) is 5. The van der Waals surface area contributed by atoms with Crippen molar-refractivity contribution < 1.29 is 13.2 Å². The van der Waals surface area contributed by atoms with Crippen molar-refractivity contribution >= 4 is 27.2 Å². The number of amides is 1. The third-order valence-electron chi connectivity index (χ3n) is 4.78. The number of aryl methyl sites for hydroxylation is 1. The minimum atomic E-state index is -2.94. The van der Waals surface area contributed by atoms with Crippen LogP contribution in [-0.4, -0.2) is 36.9 Å². The van der Waals surface area contributed by atoms with Crippen LogP contribution in [0.3, 0.4) is 0 Å². The highest BCUT2D eigenvalue weighted by Crippen LogP contribution is 2.28. The van der Waals surface area contributed by atoms with Crippen molar-refractivity contribution in [2.24, 2.45) is 0 Å². The van der Waals surface area contributed by atoms with Crippen molar-refractivity contribution in [1.82, 2.24) is 4.98 Å². The van der Waals surface area contributed by atoms with Crippen molar-refractivity contribution in [2.75, 3.05) is 22.1 Å². The van der Waals surface area contributed by atoms with E-state index in [0.717, 1.165) is 16.8 Å². The highest BCUT2D eigenvalue weighted by molar-refractivity contribution is 7.91. The van der Waals surface area contributed by atoms with Gasteiger partial charge >= 0.3 is 0 Å². The Kier molecular flexibility index (Phi) is 5.51. The van der Waals surface area contributed by atoms with E-state index in [-0.39, 0.29) is 23.5 Å². The summed E-state index contributed by atoms with van der Waals surface area (Å²) in [5.41, 5.74) is 3.41. The van der Waals surface area contributed by atoms with Gasteiger partial charge in [0, 0.05) is 17.9 Å². The third-order valence-corrected chi connectivity index (χ3v) is 6.54. The molecule has 2 aromatic rings. The maximum absolute atomic E-state index is 12.6. The number of sulfone groups is 1. The second-order valence-corrected chi connectivity index (χ2v) is 9.55.